The summed E-state index contributed by atoms with van der Waals surface area (Å²) < 4.78 is 40.1. The van der Waals surface area contributed by atoms with Crippen molar-refractivity contribution in [1.82, 2.24) is 9.71 Å². The number of benzene rings is 2. The molecule has 10 heteroatoms. The molecule has 2 aromatic carbocycles. The first-order chi connectivity index (χ1) is 18.7. The van der Waals surface area contributed by atoms with E-state index in [0.717, 1.165) is 38.9 Å². The first-order valence-electron chi connectivity index (χ1n) is 13.0. The summed E-state index contributed by atoms with van der Waals surface area (Å²) in [5.41, 5.74) is 3.20. The minimum Gasteiger partial charge on any atom is -0.490 e. The van der Waals surface area contributed by atoms with E-state index in [4.69, 9.17) is 14.5 Å². The van der Waals surface area contributed by atoms with Crippen LogP contribution in [-0.2, 0) is 14.8 Å². The molecule has 3 heterocycles. The number of hydrogen-bond donors (Lipinski definition) is 2. The van der Waals surface area contributed by atoms with E-state index in [1.54, 1.807) is 17.4 Å². The molecule has 1 unspecified atom stereocenters. The molecule has 1 amide bonds. The van der Waals surface area contributed by atoms with Gasteiger partial charge in [-0.1, -0.05) is 24.3 Å². The predicted octanol–water partition coefficient (Wildman–Crippen LogP) is 4.98. The third-order valence-electron chi connectivity index (χ3n) is 7.30. The number of rotatable bonds is 8. The van der Waals surface area contributed by atoms with Crippen LogP contribution >= 0.6 is 11.3 Å². The van der Waals surface area contributed by atoms with E-state index in [0.29, 0.717) is 41.5 Å². The lowest BCUT2D eigenvalue weighted by Gasteiger charge is -2.29. The van der Waals surface area contributed by atoms with E-state index < -0.39 is 28.3 Å². The van der Waals surface area contributed by atoms with Crippen molar-refractivity contribution in [1.29, 1.82) is 0 Å². The number of thiophene rings is 1. The van der Waals surface area contributed by atoms with Crippen molar-refractivity contribution < 1.29 is 27.8 Å². The Labute approximate surface area is 232 Å². The second-order valence-corrected chi connectivity index (χ2v) is 12.9. The summed E-state index contributed by atoms with van der Waals surface area (Å²) in [5, 5.41) is 10.8. The van der Waals surface area contributed by atoms with Crippen LogP contribution in [0.25, 0.3) is 31.6 Å². The molecule has 1 aliphatic heterocycles. The van der Waals surface area contributed by atoms with Crippen molar-refractivity contribution in [2.45, 2.75) is 39.7 Å². The molecule has 1 atom stereocenters. The smallest absolute Gasteiger partial charge is 0.265 e. The van der Waals surface area contributed by atoms with Crippen LogP contribution in [0.4, 0.5) is 0 Å². The Morgan fingerprint density at radius 1 is 1.21 bits per heavy atom. The average molecular weight is 569 g/mol. The molecule has 2 N–H and O–H groups in total. The Morgan fingerprint density at radius 2 is 1.95 bits per heavy atom. The lowest BCUT2D eigenvalue weighted by Crippen LogP contribution is -2.34. The van der Waals surface area contributed by atoms with E-state index in [-0.39, 0.29) is 11.7 Å². The number of pyridine rings is 1. The SMILES string of the molecule is Cc1c(-c2cc(C(=O)NS(=O)(=O)CCO)c3c(OC(C)C4CCOCC4)ccc(C)c3n2)sc2ccccc12. The van der Waals surface area contributed by atoms with E-state index in [9.17, 15) is 18.3 Å². The summed E-state index contributed by atoms with van der Waals surface area (Å²) in [5.74, 6) is -0.588. The van der Waals surface area contributed by atoms with Gasteiger partial charge in [0.15, 0.2) is 0 Å². The van der Waals surface area contributed by atoms with Crippen LogP contribution in [0.2, 0.25) is 0 Å². The molecule has 1 fully saturated rings. The predicted molar refractivity (Wildman–Crippen MR) is 154 cm³/mol. The standard InChI is InChI=1S/C29H32N2O6S2/c1-17-8-9-24(37-19(3)20-10-13-36-14-11-20)26-22(29(33)31-39(34,35)15-12-32)16-23(30-27(17)26)28-18(2)21-6-4-5-7-25(21)38-28/h4-9,16,19-20,32H,10-15H2,1-3H3,(H,31,33). The van der Waals surface area contributed by atoms with Crippen molar-refractivity contribution >= 4 is 48.3 Å². The average Bonchev–Trinajstić information content (AvgIpc) is 3.26. The third-order valence-corrected chi connectivity index (χ3v) is 9.81. The Hall–Kier alpha value is -3.05. The molecule has 4 aromatic rings. The van der Waals surface area contributed by atoms with Crippen LogP contribution in [-0.4, -0.2) is 56.1 Å². The molecule has 39 heavy (non-hydrogen) atoms. The number of carbonyl (C=O) groups excluding carboxylic acids is 1. The highest BCUT2D eigenvalue weighted by molar-refractivity contribution is 7.90. The van der Waals surface area contributed by atoms with Crippen LogP contribution in [0.3, 0.4) is 0 Å². The Balaban J connectivity index is 1.68. The van der Waals surface area contributed by atoms with Crippen molar-refractivity contribution in [3.8, 4) is 16.3 Å². The second-order valence-electron chi connectivity index (χ2n) is 9.96. The van der Waals surface area contributed by atoms with Crippen LogP contribution in [0, 0.1) is 19.8 Å². The number of fused-ring (bicyclic) bond motifs is 2. The molecular formula is C29H32N2O6S2. The lowest BCUT2D eigenvalue weighted by molar-refractivity contribution is 0.0243. The first kappa shape index (κ1) is 27.5. The van der Waals surface area contributed by atoms with E-state index >= 15 is 0 Å². The molecule has 206 valence electrons. The zero-order valence-electron chi connectivity index (χ0n) is 22.2. The van der Waals surface area contributed by atoms with Crippen molar-refractivity contribution in [3.63, 3.8) is 0 Å². The number of aryl methyl sites for hydroxylation is 2. The molecule has 0 bridgehead atoms. The number of ether oxygens (including phenoxy) is 2. The maximum atomic E-state index is 13.6. The topological polar surface area (TPSA) is 115 Å². The van der Waals surface area contributed by atoms with Gasteiger partial charge >= 0.3 is 0 Å². The molecule has 0 aliphatic carbocycles. The molecule has 0 saturated carbocycles. The maximum absolute atomic E-state index is 13.6. The van der Waals surface area contributed by atoms with Gasteiger partial charge in [-0.3, -0.25) is 4.79 Å². The van der Waals surface area contributed by atoms with Crippen LogP contribution < -0.4 is 9.46 Å². The largest absolute Gasteiger partial charge is 0.490 e. The van der Waals surface area contributed by atoms with Crippen LogP contribution in [0.5, 0.6) is 5.75 Å². The van der Waals surface area contributed by atoms with Gasteiger partial charge in [-0.15, -0.1) is 11.3 Å². The number of sulfonamides is 1. The normalized spacial score (nSPS) is 15.5. The molecule has 1 aliphatic rings. The van der Waals surface area contributed by atoms with Gasteiger partial charge in [-0.05, 0) is 74.2 Å². The monoisotopic (exact) mass is 568 g/mol. The quantitative estimate of drug-likeness (QED) is 0.308. The molecular weight excluding hydrogens is 536 g/mol. The molecule has 2 aromatic heterocycles. The fraction of sp³-hybridized carbons (Fsp3) is 0.379. The maximum Gasteiger partial charge on any atom is 0.265 e. The highest BCUT2D eigenvalue weighted by Crippen LogP contribution is 2.40. The summed E-state index contributed by atoms with van der Waals surface area (Å²) in [6.07, 6.45) is 1.62. The van der Waals surface area contributed by atoms with Crippen LogP contribution in [0.1, 0.15) is 41.3 Å². The van der Waals surface area contributed by atoms with Gasteiger partial charge in [0.05, 0.1) is 45.5 Å². The summed E-state index contributed by atoms with van der Waals surface area (Å²) in [6, 6.07) is 13.4. The fourth-order valence-electron chi connectivity index (χ4n) is 5.10. The van der Waals surface area contributed by atoms with Crippen molar-refractivity contribution in [2.75, 3.05) is 25.6 Å². The summed E-state index contributed by atoms with van der Waals surface area (Å²) in [7, 11) is -4.04. The number of aliphatic hydroxyl groups excluding tert-OH is 1. The van der Waals surface area contributed by atoms with Gasteiger partial charge in [0.25, 0.3) is 5.91 Å². The molecule has 5 rings (SSSR count). The highest BCUT2D eigenvalue weighted by atomic mass is 32.2. The van der Waals surface area contributed by atoms with E-state index in [1.165, 1.54) is 0 Å². The van der Waals surface area contributed by atoms with Gasteiger partial charge in [-0.2, -0.15) is 0 Å². The number of aromatic nitrogens is 1. The lowest BCUT2D eigenvalue weighted by atomic mass is 9.94. The number of aliphatic hydroxyl groups is 1. The van der Waals surface area contributed by atoms with Crippen molar-refractivity contribution in [3.05, 3.63) is 59.2 Å². The number of carbonyl (C=O) groups is 1. The number of hydrogen-bond acceptors (Lipinski definition) is 8. The van der Waals surface area contributed by atoms with Crippen molar-refractivity contribution in [2.24, 2.45) is 5.92 Å². The minimum absolute atomic E-state index is 0.140. The second kappa shape index (κ2) is 11.2. The molecule has 0 radical (unpaired) electrons. The number of amides is 1. The van der Waals surface area contributed by atoms with E-state index in [2.05, 4.69) is 10.8 Å². The fourth-order valence-corrected chi connectivity index (χ4v) is 7.01. The zero-order valence-corrected chi connectivity index (χ0v) is 23.8. The van der Waals surface area contributed by atoms with Gasteiger partial charge in [0.1, 0.15) is 5.75 Å². The van der Waals surface area contributed by atoms with Gasteiger partial charge in [0, 0.05) is 17.9 Å². The highest BCUT2D eigenvalue weighted by Gasteiger charge is 2.27. The third kappa shape index (κ3) is 5.65. The first-order valence-corrected chi connectivity index (χ1v) is 15.5. The Morgan fingerprint density at radius 3 is 2.67 bits per heavy atom. The minimum atomic E-state index is -4.04. The summed E-state index contributed by atoms with van der Waals surface area (Å²) in [4.78, 5) is 19.5. The van der Waals surface area contributed by atoms with E-state index in [1.807, 2.05) is 51.1 Å². The molecule has 0 spiro atoms. The molecule has 1 saturated heterocycles. The Bertz CT molecular complexity index is 1640. The zero-order chi connectivity index (χ0) is 27.7. The summed E-state index contributed by atoms with van der Waals surface area (Å²) >= 11 is 1.58. The number of nitrogens with zero attached hydrogens (tertiary/aromatic N) is 1. The number of nitrogens with one attached hydrogen (secondary N) is 1. The molecule has 8 nitrogen and oxygen atoms in total. The Kier molecular flexibility index (Phi) is 7.91. The van der Waals surface area contributed by atoms with Gasteiger partial charge in [0.2, 0.25) is 10.0 Å². The summed E-state index contributed by atoms with van der Waals surface area (Å²) in [6.45, 7) is 6.71. The van der Waals surface area contributed by atoms with Gasteiger partial charge in [-0.25, -0.2) is 18.1 Å². The van der Waals surface area contributed by atoms with Gasteiger partial charge < -0.3 is 14.6 Å². The van der Waals surface area contributed by atoms with Crippen LogP contribution in [0.15, 0.2) is 42.5 Å².